The predicted octanol–water partition coefficient (Wildman–Crippen LogP) is 1.61. The molecule has 0 saturated heterocycles. The summed E-state index contributed by atoms with van der Waals surface area (Å²) in [7, 11) is -1.41. The SMILES string of the molecule is C[N-]S(=O)(=O)c1ccccc1C(=O)OC.[CH3-].[Y]. The zero-order valence-electron chi connectivity index (χ0n) is 9.88. The number of nitrogens with zero attached hydrogens (tertiary/aromatic N) is 1. The Bertz CT molecular complexity index is 473. The maximum Gasteiger partial charge on any atom is 0.339 e. The first kappa shape index (κ1) is 19.1. The van der Waals surface area contributed by atoms with E-state index in [4.69, 9.17) is 0 Å². The van der Waals surface area contributed by atoms with E-state index >= 15 is 0 Å². The Morgan fingerprint density at radius 2 is 1.82 bits per heavy atom. The fourth-order valence-electron chi connectivity index (χ4n) is 1.07. The second kappa shape index (κ2) is 7.92. The van der Waals surface area contributed by atoms with Gasteiger partial charge in [0.1, 0.15) is 10.0 Å². The van der Waals surface area contributed by atoms with E-state index in [0.717, 1.165) is 7.05 Å². The fourth-order valence-corrected chi connectivity index (χ4v) is 1.95. The number of sulfonamides is 1. The predicted molar refractivity (Wildman–Crippen MR) is 60.7 cm³/mol. The molecule has 0 atom stereocenters. The van der Waals surface area contributed by atoms with Gasteiger partial charge >= 0.3 is 5.97 Å². The molecule has 0 aliphatic heterocycles. The smallest absolute Gasteiger partial charge is 0.339 e. The maximum atomic E-state index is 11.5. The minimum absolute atomic E-state index is 0. The van der Waals surface area contributed by atoms with Gasteiger partial charge in [0.15, 0.2) is 0 Å². The van der Waals surface area contributed by atoms with Gasteiger partial charge in [0, 0.05) is 32.7 Å². The number of hydrogen-bond acceptors (Lipinski definition) is 4. The molecule has 0 heterocycles. The molecule has 0 bridgehead atoms. The van der Waals surface area contributed by atoms with E-state index in [-0.39, 0.29) is 50.6 Å². The van der Waals surface area contributed by atoms with Crippen LogP contribution in [0.25, 0.3) is 4.72 Å². The third-order valence-corrected chi connectivity index (χ3v) is 3.20. The first-order chi connectivity index (χ1) is 7.03. The molecule has 0 N–H and O–H groups in total. The van der Waals surface area contributed by atoms with Crippen LogP contribution in [0.15, 0.2) is 29.2 Å². The average Bonchev–Trinajstić information content (AvgIpc) is 2.28. The summed E-state index contributed by atoms with van der Waals surface area (Å²) in [5, 5.41) is 0. The summed E-state index contributed by atoms with van der Waals surface area (Å²) in [6, 6.07) is 5.77. The summed E-state index contributed by atoms with van der Waals surface area (Å²) in [6.07, 6.45) is 0. The van der Waals surface area contributed by atoms with E-state index in [9.17, 15) is 13.2 Å². The molecule has 0 aliphatic carbocycles. The minimum atomic E-state index is -3.76. The number of carbonyl (C=O) groups excluding carboxylic acids is 1. The van der Waals surface area contributed by atoms with Crippen molar-refractivity contribution in [2.75, 3.05) is 14.2 Å². The van der Waals surface area contributed by atoms with Gasteiger partial charge in [0.25, 0.3) is 0 Å². The van der Waals surface area contributed by atoms with Crippen LogP contribution >= 0.6 is 0 Å². The Labute approximate surface area is 127 Å². The zero-order chi connectivity index (χ0) is 11.5. The Balaban J connectivity index is 0. The molecule has 0 aromatic heterocycles. The van der Waals surface area contributed by atoms with Crippen molar-refractivity contribution in [3.05, 3.63) is 42.0 Å². The van der Waals surface area contributed by atoms with Crippen molar-refractivity contribution in [2.24, 2.45) is 0 Å². The first-order valence-electron chi connectivity index (χ1n) is 4.06. The summed E-state index contributed by atoms with van der Waals surface area (Å²) in [5.74, 6) is -0.696. The molecular formula is C10H13NO4SY-2. The van der Waals surface area contributed by atoms with Crippen LogP contribution in [0.5, 0.6) is 0 Å². The van der Waals surface area contributed by atoms with Gasteiger partial charge in [-0.15, -0.1) is 0 Å². The molecule has 7 heteroatoms. The summed E-state index contributed by atoms with van der Waals surface area (Å²) >= 11 is 0. The molecule has 5 nitrogen and oxygen atoms in total. The Morgan fingerprint density at radius 3 is 2.29 bits per heavy atom. The number of esters is 1. The quantitative estimate of drug-likeness (QED) is 0.623. The molecule has 0 fully saturated rings. The monoisotopic (exact) mass is 332 g/mol. The topological polar surface area (TPSA) is 74.5 Å². The standard InChI is InChI=1S/C9H10NO4S.CH3.Y/c1-10-15(12,13)8-6-4-3-5-7(8)9(11)14-2;;/h3-6H,1-2H3;1H3;/q2*-1;. The number of methoxy groups -OCH3 is 1. The van der Waals surface area contributed by atoms with Crippen LogP contribution in [0.2, 0.25) is 0 Å². The van der Waals surface area contributed by atoms with Gasteiger partial charge in [-0.3, -0.25) is 0 Å². The normalized spacial score (nSPS) is 9.76. The van der Waals surface area contributed by atoms with Gasteiger partial charge < -0.3 is 16.9 Å². The third kappa shape index (κ3) is 4.46. The fraction of sp³-hybridized carbons (Fsp3) is 0.200. The van der Waals surface area contributed by atoms with Gasteiger partial charge in [-0.2, -0.15) is 7.05 Å². The molecule has 0 unspecified atom stereocenters. The van der Waals surface area contributed by atoms with E-state index < -0.39 is 16.0 Å². The number of rotatable bonds is 3. The largest absolute Gasteiger partial charge is 0.547 e. The van der Waals surface area contributed by atoms with Gasteiger partial charge in [-0.05, 0) is 12.1 Å². The van der Waals surface area contributed by atoms with Crippen LogP contribution in [0.3, 0.4) is 0 Å². The van der Waals surface area contributed by atoms with Gasteiger partial charge in [-0.25, -0.2) is 13.2 Å². The van der Waals surface area contributed by atoms with Crippen LogP contribution in [-0.2, 0) is 47.5 Å². The average molecular weight is 332 g/mol. The molecule has 1 aromatic rings. The third-order valence-electron chi connectivity index (χ3n) is 1.81. The van der Waals surface area contributed by atoms with E-state index in [1.54, 1.807) is 6.07 Å². The minimum Gasteiger partial charge on any atom is -0.547 e. The molecule has 1 rings (SSSR count). The van der Waals surface area contributed by atoms with Crippen LogP contribution in [0, 0.1) is 7.43 Å². The van der Waals surface area contributed by atoms with Crippen molar-refractivity contribution in [1.82, 2.24) is 0 Å². The molecule has 0 spiro atoms. The van der Waals surface area contributed by atoms with Crippen LogP contribution in [-0.4, -0.2) is 28.5 Å². The number of carbonyl (C=O) groups is 1. The van der Waals surface area contributed by atoms with Crippen molar-refractivity contribution >= 4 is 16.0 Å². The van der Waals surface area contributed by atoms with Crippen molar-refractivity contribution in [3.8, 4) is 0 Å². The molecule has 0 saturated carbocycles. The van der Waals surface area contributed by atoms with Crippen molar-refractivity contribution in [2.45, 2.75) is 4.90 Å². The second-order valence-electron chi connectivity index (χ2n) is 2.65. The van der Waals surface area contributed by atoms with Crippen LogP contribution < -0.4 is 0 Å². The summed E-state index contributed by atoms with van der Waals surface area (Å²) in [6.45, 7) is 0. The van der Waals surface area contributed by atoms with Crippen molar-refractivity contribution in [3.63, 3.8) is 0 Å². The van der Waals surface area contributed by atoms with Crippen molar-refractivity contribution in [1.29, 1.82) is 0 Å². The Morgan fingerprint density at radius 1 is 1.29 bits per heavy atom. The van der Waals surface area contributed by atoms with E-state index in [0.29, 0.717) is 0 Å². The van der Waals surface area contributed by atoms with E-state index in [1.165, 1.54) is 25.3 Å². The van der Waals surface area contributed by atoms with E-state index in [1.807, 2.05) is 0 Å². The molecular weight excluding hydrogens is 319 g/mol. The van der Waals surface area contributed by atoms with Gasteiger partial charge in [0.2, 0.25) is 0 Å². The van der Waals surface area contributed by atoms with Gasteiger partial charge in [-0.1, -0.05) is 12.1 Å². The second-order valence-corrected chi connectivity index (χ2v) is 4.40. The van der Waals surface area contributed by atoms with E-state index in [2.05, 4.69) is 9.46 Å². The molecule has 93 valence electrons. The molecule has 1 aromatic carbocycles. The molecule has 1 radical (unpaired) electrons. The Kier molecular flexibility index (Phi) is 8.88. The number of hydrogen-bond donors (Lipinski definition) is 0. The van der Waals surface area contributed by atoms with Gasteiger partial charge in [0.05, 0.1) is 17.6 Å². The zero-order valence-corrected chi connectivity index (χ0v) is 13.5. The van der Waals surface area contributed by atoms with Crippen LogP contribution in [0.4, 0.5) is 0 Å². The number of ether oxygens (including phenoxy) is 1. The summed E-state index contributed by atoms with van der Waals surface area (Å²) in [5.41, 5.74) is -0.00870. The van der Waals surface area contributed by atoms with Crippen LogP contribution in [0.1, 0.15) is 10.4 Å². The summed E-state index contributed by atoms with van der Waals surface area (Å²) in [4.78, 5) is 11.1. The summed E-state index contributed by atoms with van der Waals surface area (Å²) < 4.78 is 30.6. The molecule has 0 aliphatic rings. The molecule has 0 amide bonds. The maximum absolute atomic E-state index is 11.5. The Hall–Kier alpha value is -0.296. The molecule has 17 heavy (non-hydrogen) atoms. The first-order valence-corrected chi connectivity index (χ1v) is 5.50. The van der Waals surface area contributed by atoms with Crippen molar-refractivity contribution < 1.29 is 50.7 Å². The number of benzene rings is 1.